The van der Waals surface area contributed by atoms with E-state index in [2.05, 4.69) is 0 Å². The number of Topliss-reactive ketones (excluding diaryl/α,β-unsaturated/α-hetero) is 2. The van der Waals surface area contributed by atoms with Gasteiger partial charge in [-0.1, -0.05) is 30.3 Å². The first-order chi connectivity index (χ1) is 7.74. The zero-order chi connectivity index (χ0) is 11.2. The van der Waals surface area contributed by atoms with Crippen molar-refractivity contribution in [3.8, 4) is 0 Å². The van der Waals surface area contributed by atoms with E-state index in [0.29, 0.717) is 6.42 Å². The molecule has 1 heterocycles. The van der Waals surface area contributed by atoms with Gasteiger partial charge in [-0.05, 0) is 12.8 Å². The number of rotatable bonds is 2. The Kier molecular flexibility index (Phi) is 2.18. The van der Waals surface area contributed by atoms with E-state index in [0.717, 1.165) is 18.4 Å². The zero-order valence-corrected chi connectivity index (χ0v) is 9.63. The van der Waals surface area contributed by atoms with Crippen LogP contribution in [-0.2, 0) is 4.79 Å². The average Bonchev–Trinajstić information content (AvgIpc) is 3.07. The summed E-state index contributed by atoms with van der Waals surface area (Å²) in [5.41, 5.74) is 0.743. The van der Waals surface area contributed by atoms with Crippen molar-refractivity contribution in [2.75, 3.05) is 0 Å². The molecule has 2 nitrogen and oxygen atoms in total. The summed E-state index contributed by atoms with van der Waals surface area (Å²) in [6, 6.07) is 9.32. The highest BCUT2D eigenvalue weighted by atomic mass is 32.2. The molecule has 2 fully saturated rings. The van der Waals surface area contributed by atoms with Crippen molar-refractivity contribution in [3.05, 3.63) is 35.9 Å². The number of thioether (sulfide) groups is 1. The minimum atomic E-state index is -0.392. The molecule has 3 rings (SSSR count). The number of fused-ring (bicyclic) bond motifs is 1. The SMILES string of the molecule is O=C1CCCC2(C(=O)c3ccccc3)SC12. The minimum absolute atomic E-state index is 0.0473. The molecule has 1 saturated heterocycles. The van der Waals surface area contributed by atoms with Crippen LogP contribution in [-0.4, -0.2) is 21.6 Å². The van der Waals surface area contributed by atoms with Gasteiger partial charge < -0.3 is 0 Å². The van der Waals surface area contributed by atoms with Crippen molar-refractivity contribution in [1.29, 1.82) is 0 Å². The topological polar surface area (TPSA) is 34.1 Å². The van der Waals surface area contributed by atoms with Crippen molar-refractivity contribution in [3.63, 3.8) is 0 Å². The summed E-state index contributed by atoms with van der Waals surface area (Å²) >= 11 is 1.56. The first-order valence-corrected chi connectivity index (χ1v) is 6.42. The summed E-state index contributed by atoms with van der Waals surface area (Å²) in [5.74, 6) is 0.414. The molecule has 2 aliphatic rings. The van der Waals surface area contributed by atoms with Crippen molar-refractivity contribution in [2.45, 2.75) is 29.3 Å². The van der Waals surface area contributed by atoms with E-state index in [-0.39, 0.29) is 16.8 Å². The van der Waals surface area contributed by atoms with Crippen LogP contribution in [0.2, 0.25) is 0 Å². The van der Waals surface area contributed by atoms with Crippen LogP contribution in [0, 0.1) is 0 Å². The number of benzene rings is 1. The van der Waals surface area contributed by atoms with Gasteiger partial charge in [0.1, 0.15) is 5.78 Å². The molecule has 1 aromatic carbocycles. The highest BCUT2D eigenvalue weighted by Gasteiger charge is 2.65. The molecule has 0 N–H and O–H groups in total. The third-order valence-electron chi connectivity index (χ3n) is 3.38. The predicted octanol–water partition coefficient (Wildman–Crippen LogP) is 2.48. The molecule has 1 aromatic rings. The Hall–Kier alpha value is -1.09. The van der Waals surface area contributed by atoms with Crippen molar-refractivity contribution in [1.82, 2.24) is 0 Å². The third kappa shape index (κ3) is 1.34. The zero-order valence-electron chi connectivity index (χ0n) is 8.81. The highest BCUT2D eigenvalue weighted by Crippen LogP contribution is 2.61. The standard InChI is InChI=1S/C13H12O2S/c14-10-7-4-8-13(12(10)16-13)11(15)9-5-2-1-3-6-9/h1-3,5-6,12H,4,7-8H2. The van der Waals surface area contributed by atoms with Gasteiger partial charge in [-0.3, -0.25) is 9.59 Å². The largest absolute Gasteiger partial charge is 0.298 e. The minimum Gasteiger partial charge on any atom is -0.298 e. The van der Waals surface area contributed by atoms with Gasteiger partial charge in [0.05, 0.1) is 10.00 Å². The fourth-order valence-electron chi connectivity index (χ4n) is 2.47. The van der Waals surface area contributed by atoms with Crippen LogP contribution < -0.4 is 0 Å². The van der Waals surface area contributed by atoms with Gasteiger partial charge in [-0.25, -0.2) is 0 Å². The molecule has 1 aliphatic heterocycles. The summed E-state index contributed by atoms with van der Waals surface area (Å²) in [6.07, 6.45) is 2.38. The molecule has 16 heavy (non-hydrogen) atoms. The van der Waals surface area contributed by atoms with Crippen LogP contribution in [0.3, 0.4) is 0 Å². The molecule has 2 atom stereocenters. The maximum atomic E-state index is 12.3. The molecular weight excluding hydrogens is 220 g/mol. The Morgan fingerprint density at radius 2 is 2.06 bits per heavy atom. The second kappa shape index (κ2) is 3.45. The summed E-state index contributed by atoms with van der Waals surface area (Å²) in [6.45, 7) is 0. The first-order valence-electron chi connectivity index (χ1n) is 5.54. The lowest BCUT2D eigenvalue weighted by Gasteiger charge is -2.17. The predicted molar refractivity (Wildman–Crippen MR) is 63.7 cm³/mol. The lowest BCUT2D eigenvalue weighted by molar-refractivity contribution is -0.119. The summed E-state index contributed by atoms with van der Waals surface area (Å²) in [4.78, 5) is 23.9. The van der Waals surface area contributed by atoms with Crippen LogP contribution in [0.4, 0.5) is 0 Å². The smallest absolute Gasteiger partial charge is 0.180 e. The van der Waals surface area contributed by atoms with E-state index < -0.39 is 4.75 Å². The Labute approximate surface area is 98.4 Å². The van der Waals surface area contributed by atoms with Gasteiger partial charge in [0.25, 0.3) is 0 Å². The molecule has 0 spiro atoms. The summed E-state index contributed by atoms with van der Waals surface area (Å²) < 4.78 is -0.392. The maximum Gasteiger partial charge on any atom is 0.180 e. The summed E-state index contributed by atoms with van der Waals surface area (Å²) in [7, 11) is 0. The molecule has 3 heteroatoms. The number of hydrogen-bond acceptors (Lipinski definition) is 3. The quantitative estimate of drug-likeness (QED) is 0.580. The van der Waals surface area contributed by atoms with Crippen molar-refractivity contribution < 1.29 is 9.59 Å². The molecule has 0 amide bonds. The molecule has 1 saturated carbocycles. The maximum absolute atomic E-state index is 12.3. The van der Waals surface area contributed by atoms with Gasteiger partial charge in [-0.2, -0.15) is 0 Å². The van der Waals surface area contributed by atoms with Crippen LogP contribution in [0.15, 0.2) is 30.3 Å². The Balaban J connectivity index is 1.90. The second-order valence-corrected chi connectivity index (χ2v) is 5.84. The van der Waals surface area contributed by atoms with Crippen LogP contribution in [0.1, 0.15) is 29.6 Å². The fourth-order valence-corrected chi connectivity index (χ4v) is 3.91. The Morgan fingerprint density at radius 3 is 2.81 bits per heavy atom. The van der Waals surface area contributed by atoms with Gasteiger partial charge in [-0.15, -0.1) is 11.8 Å². The van der Waals surface area contributed by atoms with Gasteiger partial charge in [0, 0.05) is 12.0 Å². The molecule has 0 radical (unpaired) electrons. The molecule has 2 unspecified atom stereocenters. The van der Waals surface area contributed by atoms with E-state index >= 15 is 0 Å². The fraction of sp³-hybridized carbons (Fsp3) is 0.385. The van der Waals surface area contributed by atoms with Crippen molar-refractivity contribution in [2.24, 2.45) is 0 Å². The van der Waals surface area contributed by atoms with E-state index in [4.69, 9.17) is 0 Å². The second-order valence-electron chi connectivity index (χ2n) is 4.40. The molecular formula is C13H12O2S. The molecule has 82 valence electrons. The molecule has 1 aliphatic carbocycles. The number of hydrogen-bond donors (Lipinski definition) is 0. The van der Waals surface area contributed by atoms with E-state index in [1.54, 1.807) is 11.8 Å². The average molecular weight is 232 g/mol. The molecule has 0 aromatic heterocycles. The van der Waals surface area contributed by atoms with E-state index in [1.165, 1.54) is 0 Å². The van der Waals surface area contributed by atoms with Crippen LogP contribution in [0.5, 0.6) is 0 Å². The Bertz CT molecular complexity index is 454. The van der Waals surface area contributed by atoms with E-state index in [1.807, 2.05) is 30.3 Å². The third-order valence-corrected chi connectivity index (χ3v) is 5.07. The number of carbonyl (C=O) groups excluding carboxylic acids is 2. The van der Waals surface area contributed by atoms with E-state index in [9.17, 15) is 9.59 Å². The first kappa shape index (κ1) is 10.1. The normalized spacial score (nSPS) is 32.0. The van der Waals surface area contributed by atoms with Crippen LogP contribution in [0.25, 0.3) is 0 Å². The molecule has 0 bridgehead atoms. The Morgan fingerprint density at radius 1 is 1.31 bits per heavy atom. The van der Waals surface area contributed by atoms with Gasteiger partial charge in [0.15, 0.2) is 5.78 Å². The van der Waals surface area contributed by atoms with Crippen molar-refractivity contribution >= 4 is 23.3 Å². The number of ketones is 2. The van der Waals surface area contributed by atoms with Crippen LogP contribution >= 0.6 is 11.8 Å². The monoisotopic (exact) mass is 232 g/mol. The lowest BCUT2D eigenvalue weighted by atomic mass is 9.83. The van der Waals surface area contributed by atoms with Gasteiger partial charge in [0.2, 0.25) is 0 Å². The number of carbonyl (C=O) groups is 2. The lowest BCUT2D eigenvalue weighted by Crippen LogP contribution is -2.33. The summed E-state index contributed by atoms with van der Waals surface area (Å²) in [5, 5.41) is -0.0473. The van der Waals surface area contributed by atoms with Gasteiger partial charge >= 0.3 is 0 Å². The highest BCUT2D eigenvalue weighted by molar-refractivity contribution is 8.10.